The van der Waals surface area contributed by atoms with Crippen molar-refractivity contribution in [1.29, 1.82) is 0 Å². The van der Waals surface area contributed by atoms with E-state index < -0.39 is 41.3 Å². The number of nitrogens with one attached hydrogen (secondary N) is 3. The summed E-state index contributed by atoms with van der Waals surface area (Å²) in [4.78, 5) is 35.9. The lowest BCUT2D eigenvalue weighted by Gasteiger charge is -2.22. The molecule has 0 unspecified atom stereocenters. The number of phenolic OH excluding ortho intramolecular Hbond substituents is 3. The Morgan fingerprint density at radius 3 is 2.07 bits per heavy atom. The Morgan fingerprint density at radius 2 is 1.48 bits per heavy atom. The highest BCUT2D eigenvalue weighted by molar-refractivity contribution is 5.90. The molecule has 0 spiro atoms. The predicted octanol–water partition coefficient (Wildman–Crippen LogP) is 0.880. The fourth-order valence-corrected chi connectivity index (χ4v) is 2.24. The number of rotatable bonds is 7. The third-order valence-electron chi connectivity index (χ3n) is 3.75. The smallest absolute Gasteiger partial charge is 0.408 e. The normalized spacial score (nSPS) is 13.1. The summed E-state index contributed by atoms with van der Waals surface area (Å²) in [6.45, 7) is 8.17. The quantitative estimate of drug-likeness (QED) is 0.287. The Bertz CT molecular complexity index is 759. The molecule has 10 nitrogen and oxygen atoms in total. The van der Waals surface area contributed by atoms with E-state index in [0.717, 1.165) is 6.07 Å². The molecule has 0 saturated heterocycles. The van der Waals surface area contributed by atoms with Crippen LogP contribution in [-0.4, -0.2) is 57.5 Å². The molecule has 10 heteroatoms. The molecule has 29 heavy (non-hydrogen) atoms. The summed E-state index contributed by atoms with van der Waals surface area (Å²) < 4.78 is 5.07. The second-order valence-corrected chi connectivity index (χ2v) is 7.61. The lowest BCUT2D eigenvalue weighted by Crippen LogP contribution is -2.52. The zero-order valence-corrected chi connectivity index (χ0v) is 17.2. The highest BCUT2D eigenvalue weighted by Crippen LogP contribution is 2.32. The maximum atomic E-state index is 12.1. The third-order valence-corrected chi connectivity index (χ3v) is 3.75. The Hall–Kier alpha value is -3.17. The molecule has 0 radical (unpaired) electrons. The number of benzene rings is 1. The highest BCUT2D eigenvalue weighted by atomic mass is 16.6. The van der Waals surface area contributed by atoms with E-state index in [0.29, 0.717) is 5.56 Å². The van der Waals surface area contributed by atoms with Gasteiger partial charge in [-0.1, -0.05) is 0 Å². The average molecular weight is 411 g/mol. The van der Waals surface area contributed by atoms with Crippen LogP contribution in [0.5, 0.6) is 17.2 Å². The van der Waals surface area contributed by atoms with Gasteiger partial charge in [-0.2, -0.15) is 0 Å². The van der Waals surface area contributed by atoms with E-state index in [-0.39, 0.29) is 24.5 Å². The molecule has 1 aromatic carbocycles. The third kappa shape index (κ3) is 8.16. The summed E-state index contributed by atoms with van der Waals surface area (Å²) in [7, 11) is 0. The number of carbonyl (C=O) groups is 3. The van der Waals surface area contributed by atoms with Gasteiger partial charge in [-0.05, 0) is 52.7 Å². The van der Waals surface area contributed by atoms with Crippen molar-refractivity contribution < 1.29 is 34.4 Å². The molecule has 3 amide bonds. The van der Waals surface area contributed by atoms with E-state index >= 15 is 0 Å². The van der Waals surface area contributed by atoms with E-state index in [4.69, 9.17) is 4.74 Å². The van der Waals surface area contributed by atoms with Crippen LogP contribution in [0.15, 0.2) is 12.1 Å². The van der Waals surface area contributed by atoms with Crippen LogP contribution in [0.2, 0.25) is 0 Å². The lowest BCUT2D eigenvalue weighted by atomic mass is 10.1. The van der Waals surface area contributed by atoms with Crippen molar-refractivity contribution in [3.05, 3.63) is 17.7 Å². The molecule has 2 atom stereocenters. The first-order chi connectivity index (χ1) is 13.3. The minimum Gasteiger partial charge on any atom is -0.508 e. The molecule has 1 rings (SSSR count). The van der Waals surface area contributed by atoms with Gasteiger partial charge in [-0.3, -0.25) is 9.59 Å². The second-order valence-electron chi connectivity index (χ2n) is 7.61. The molecule has 0 aromatic heterocycles. The fourth-order valence-electron chi connectivity index (χ4n) is 2.24. The molecule has 0 fully saturated rings. The molecule has 0 saturated carbocycles. The number of phenols is 3. The Balaban J connectivity index is 2.46. The van der Waals surface area contributed by atoms with Gasteiger partial charge >= 0.3 is 6.09 Å². The molecular formula is C19H29N3O7. The van der Waals surface area contributed by atoms with Gasteiger partial charge in [0.05, 0.1) is 0 Å². The zero-order valence-electron chi connectivity index (χ0n) is 17.2. The molecule has 6 N–H and O–H groups in total. The van der Waals surface area contributed by atoms with Crippen LogP contribution in [0.3, 0.4) is 0 Å². The number of ether oxygens (including phenoxy) is 1. The number of carbonyl (C=O) groups excluding carboxylic acids is 3. The molecule has 0 aliphatic rings. The van der Waals surface area contributed by atoms with Crippen molar-refractivity contribution in [1.82, 2.24) is 16.0 Å². The van der Waals surface area contributed by atoms with Crippen LogP contribution < -0.4 is 16.0 Å². The van der Waals surface area contributed by atoms with Crippen LogP contribution in [0.4, 0.5) is 4.79 Å². The molecule has 0 aliphatic heterocycles. The summed E-state index contributed by atoms with van der Waals surface area (Å²) >= 11 is 0. The summed E-state index contributed by atoms with van der Waals surface area (Å²) in [5.41, 5.74) is -0.358. The van der Waals surface area contributed by atoms with Crippen LogP contribution in [-0.2, 0) is 20.7 Å². The largest absolute Gasteiger partial charge is 0.508 e. The maximum absolute atomic E-state index is 12.1. The van der Waals surface area contributed by atoms with E-state index in [1.54, 1.807) is 20.8 Å². The van der Waals surface area contributed by atoms with Crippen molar-refractivity contribution >= 4 is 17.9 Å². The van der Waals surface area contributed by atoms with Gasteiger partial charge in [0, 0.05) is 12.6 Å². The monoisotopic (exact) mass is 411 g/mol. The van der Waals surface area contributed by atoms with E-state index in [9.17, 15) is 29.7 Å². The molecule has 162 valence electrons. The zero-order chi connectivity index (χ0) is 22.4. The van der Waals surface area contributed by atoms with Gasteiger partial charge < -0.3 is 36.0 Å². The average Bonchev–Trinajstić information content (AvgIpc) is 2.57. The first-order valence-electron chi connectivity index (χ1n) is 9.11. The predicted molar refractivity (Wildman–Crippen MR) is 105 cm³/mol. The minimum atomic E-state index is -0.906. The second kappa shape index (κ2) is 9.85. The highest BCUT2D eigenvalue weighted by Gasteiger charge is 2.23. The van der Waals surface area contributed by atoms with Crippen molar-refractivity contribution in [2.75, 3.05) is 6.54 Å². The standard InChI is InChI=1S/C19H29N3O7/c1-10(21-17(27)11(2)22-18(28)29-19(3,4)5)16(26)20-7-6-12-8-14(24)15(25)9-13(12)23/h8-11,23-25H,6-7H2,1-5H3,(H,20,26)(H,21,27)(H,22,28)/t10-,11-/m0/s1. The minimum absolute atomic E-state index is 0.128. The number of amides is 3. The van der Waals surface area contributed by atoms with E-state index in [1.807, 2.05) is 0 Å². The van der Waals surface area contributed by atoms with E-state index in [1.165, 1.54) is 19.9 Å². The molecular weight excluding hydrogens is 382 g/mol. The van der Waals surface area contributed by atoms with Crippen LogP contribution in [0.25, 0.3) is 0 Å². The Kier molecular flexibility index (Phi) is 8.11. The summed E-state index contributed by atoms with van der Waals surface area (Å²) in [6, 6.07) is 0.435. The molecule has 0 aliphatic carbocycles. The van der Waals surface area contributed by atoms with Crippen molar-refractivity contribution in [3.8, 4) is 17.2 Å². The molecule has 0 bridgehead atoms. The number of aromatic hydroxyl groups is 3. The topological polar surface area (TPSA) is 157 Å². The number of hydrogen-bond donors (Lipinski definition) is 6. The van der Waals surface area contributed by atoms with Gasteiger partial charge in [-0.15, -0.1) is 0 Å². The fraction of sp³-hybridized carbons (Fsp3) is 0.526. The van der Waals surface area contributed by atoms with Crippen LogP contribution >= 0.6 is 0 Å². The summed E-state index contributed by atoms with van der Waals surface area (Å²) in [5.74, 6) is -2.06. The Labute approximate surface area is 169 Å². The number of hydrogen-bond acceptors (Lipinski definition) is 7. The van der Waals surface area contributed by atoms with Crippen molar-refractivity contribution in [3.63, 3.8) is 0 Å². The van der Waals surface area contributed by atoms with Crippen LogP contribution in [0, 0.1) is 0 Å². The summed E-state index contributed by atoms with van der Waals surface area (Å²) in [6.07, 6.45) is -0.544. The van der Waals surface area contributed by atoms with Gasteiger partial charge in [0.2, 0.25) is 11.8 Å². The first-order valence-corrected chi connectivity index (χ1v) is 9.11. The van der Waals surface area contributed by atoms with Gasteiger partial charge in [0.1, 0.15) is 23.4 Å². The van der Waals surface area contributed by atoms with Crippen LogP contribution in [0.1, 0.15) is 40.2 Å². The van der Waals surface area contributed by atoms with Crippen molar-refractivity contribution in [2.45, 2.75) is 58.7 Å². The maximum Gasteiger partial charge on any atom is 0.408 e. The van der Waals surface area contributed by atoms with Gasteiger partial charge in [0.25, 0.3) is 0 Å². The van der Waals surface area contributed by atoms with Gasteiger partial charge in [-0.25, -0.2) is 4.79 Å². The molecule has 1 aromatic rings. The SMILES string of the molecule is C[C@H](NC(=O)OC(C)(C)C)C(=O)N[C@@H](C)C(=O)NCCc1cc(O)c(O)cc1O. The Morgan fingerprint density at radius 1 is 0.931 bits per heavy atom. The van der Waals surface area contributed by atoms with E-state index in [2.05, 4.69) is 16.0 Å². The number of alkyl carbamates (subject to hydrolysis) is 1. The van der Waals surface area contributed by atoms with Crippen molar-refractivity contribution in [2.24, 2.45) is 0 Å². The lowest BCUT2D eigenvalue weighted by molar-refractivity contribution is -0.129. The molecule has 0 heterocycles. The van der Waals surface area contributed by atoms with Gasteiger partial charge in [0.15, 0.2) is 11.5 Å². The summed E-state index contributed by atoms with van der Waals surface area (Å²) in [5, 5.41) is 35.9. The first kappa shape index (κ1) is 23.9.